The van der Waals surface area contributed by atoms with Gasteiger partial charge in [0.25, 0.3) is 5.91 Å². The minimum absolute atomic E-state index is 0.103. The first-order chi connectivity index (χ1) is 10.6. The predicted octanol–water partition coefficient (Wildman–Crippen LogP) is 3.55. The van der Waals surface area contributed by atoms with Crippen LogP contribution in [0.4, 0.5) is 4.39 Å². The van der Waals surface area contributed by atoms with Crippen LogP contribution in [0.3, 0.4) is 0 Å². The molecule has 116 valence electrons. The van der Waals surface area contributed by atoms with Crippen molar-refractivity contribution in [3.8, 4) is 0 Å². The van der Waals surface area contributed by atoms with Crippen LogP contribution in [0, 0.1) is 19.7 Å². The fourth-order valence-corrected chi connectivity index (χ4v) is 3.04. The van der Waals surface area contributed by atoms with Gasteiger partial charge in [-0.25, -0.2) is 4.39 Å². The molecular weight excluding hydrogens is 279 g/mol. The molecule has 4 heteroatoms. The molecule has 3 rings (SSSR count). The molecule has 1 saturated carbocycles. The van der Waals surface area contributed by atoms with E-state index in [-0.39, 0.29) is 11.5 Å². The summed E-state index contributed by atoms with van der Waals surface area (Å²) in [6.45, 7) is 4.79. The number of aromatic nitrogens is 1. The van der Waals surface area contributed by atoms with Crippen LogP contribution in [0.1, 0.15) is 46.2 Å². The lowest BCUT2D eigenvalue weighted by molar-refractivity contribution is 0.0950. The van der Waals surface area contributed by atoms with Crippen molar-refractivity contribution in [2.45, 2.75) is 39.2 Å². The molecule has 1 aliphatic rings. The molecular formula is C18H21FN2O. The summed E-state index contributed by atoms with van der Waals surface area (Å²) in [6, 6.07) is 8.92. The number of nitrogens with zero attached hydrogens (tertiary/aromatic N) is 1. The Labute approximate surface area is 130 Å². The van der Waals surface area contributed by atoms with Gasteiger partial charge in [-0.2, -0.15) is 0 Å². The summed E-state index contributed by atoms with van der Waals surface area (Å²) in [4.78, 5) is 12.0. The lowest BCUT2D eigenvalue weighted by Gasteiger charge is -2.08. The number of carbonyl (C=O) groups is 1. The van der Waals surface area contributed by atoms with Gasteiger partial charge in [0, 0.05) is 24.0 Å². The van der Waals surface area contributed by atoms with E-state index in [1.807, 2.05) is 0 Å². The van der Waals surface area contributed by atoms with Gasteiger partial charge < -0.3 is 9.88 Å². The Kier molecular flexibility index (Phi) is 4.01. The molecule has 0 aliphatic heterocycles. The summed E-state index contributed by atoms with van der Waals surface area (Å²) in [7, 11) is 0. The minimum Gasteiger partial charge on any atom is -0.352 e. The summed E-state index contributed by atoms with van der Waals surface area (Å²) in [5.74, 6) is -0.832. The summed E-state index contributed by atoms with van der Waals surface area (Å²) < 4.78 is 15.9. The van der Waals surface area contributed by atoms with E-state index in [9.17, 15) is 9.18 Å². The summed E-state index contributed by atoms with van der Waals surface area (Å²) >= 11 is 0. The quantitative estimate of drug-likeness (QED) is 0.900. The average molecular weight is 300 g/mol. The number of amides is 1. The molecule has 0 unspecified atom stereocenters. The first-order valence-corrected chi connectivity index (χ1v) is 7.78. The number of nitrogens with one attached hydrogen (secondary N) is 1. The zero-order valence-electron chi connectivity index (χ0n) is 13.0. The fourth-order valence-electron chi connectivity index (χ4n) is 3.04. The van der Waals surface area contributed by atoms with Crippen LogP contribution in [0.15, 0.2) is 30.3 Å². The predicted molar refractivity (Wildman–Crippen MR) is 84.6 cm³/mol. The van der Waals surface area contributed by atoms with Crippen LogP contribution in [-0.2, 0) is 6.42 Å². The maximum absolute atomic E-state index is 13.5. The second-order valence-electron chi connectivity index (χ2n) is 5.98. The second kappa shape index (κ2) is 5.95. The first kappa shape index (κ1) is 14.8. The van der Waals surface area contributed by atoms with Crippen LogP contribution >= 0.6 is 0 Å². The third kappa shape index (κ3) is 2.91. The number of hydrogen-bond acceptors (Lipinski definition) is 1. The van der Waals surface area contributed by atoms with Crippen molar-refractivity contribution in [1.29, 1.82) is 0 Å². The van der Waals surface area contributed by atoms with Gasteiger partial charge in [0.05, 0.1) is 5.56 Å². The Morgan fingerprint density at radius 1 is 1.32 bits per heavy atom. The van der Waals surface area contributed by atoms with Crippen molar-refractivity contribution in [3.05, 3.63) is 58.7 Å². The highest BCUT2D eigenvalue weighted by molar-refractivity contribution is 5.94. The normalized spacial score (nSPS) is 14.1. The van der Waals surface area contributed by atoms with E-state index in [2.05, 4.69) is 29.8 Å². The SMILES string of the molecule is Cc1cc(CCNC(=O)c2ccccc2F)c(C)n1C1CC1. The van der Waals surface area contributed by atoms with E-state index in [1.54, 1.807) is 12.1 Å². The number of hydrogen-bond donors (Lipinski definition) is 1. The highest BCUT2D eigenvalue weighted by atomic mass is 19.1. The van der Waals surface area contributed by atoms with Gasteiger partial charge in [0.15, 0.2) is 0 Å². The fraction of sp³-hybridized carbons (Fsp3) is 0.389. The van der Waals surface area contributed by atoms with Gasteiger partial charge in [-0.15, -0.1) is 0 Å². The molecule has 1 aliphatic carbocycles. The number of rotatable bonds is 5. The van der Waals surface area contributed by atoms with Gasteiger partial charge in [0.2, 0.25) is 0 Å². The second-order valence-corrected chi connectivity index (χ2v) is 5.98. The molecule has 2 aromatic rings. The lowest BCUT2D eigenvalue weighted by atomic mass is 10.1. The molecule has 1 N–H and O–H groups in total. The van der Waals surface area contributed by atoms with Crippen molar-refractivity contribution in [1.82, 2.24) is 9.88 Å². The van der Waals surface area contributed by atoms with E-state index in [4.69, 9.17) is 0 Å². The monoisotopic (exact) mass is 300 g/mol. The number of carbonyl (C=O) groups excluding carboxylic acids is 1. The largest absolute Gasteiger partial charge is 0.352 e. The van der Waals surface area contributed by atoms with Crippen molar-refractivity contribution in [2.24, 2.45) is 0 Å². The molecule has 1 heterocycles. The van der Waals surface area contributed by atoms with Crippen LogP contribution in [0.5, 0.6) is 0 Å². The van der Waals surface area contributed by atoms with Crippen LogP contribution < -0.4 is 5.32 Å². The summed E-state index contributed by atoms with van der Waals surface area (Å²) in [6.07, 6.45) is 3.30. The maximum Gasteiger partial charge on any atom is 0.254 e. The summed E-state index contributed by atoms with van der Waals surface area (Å²) in [5.41, 5.74) is 3.94. The molecule has 1 amide bonds. The van der Waals surface area contributed by atoms with Gasteiger partial charge in [-0.05, 0) is 56.9 Å². The third-order valence-corrected chi connectivity index (χ3v) is 4.30. The van der Waals surface area contributed by atoms with Crippen molar-refractivity contribution >= 4 is 5.91 Å². The third-order valence-electron chi connectivity index (χ3n) is 4.30. The van der Waals surface area contributed by atoms with E-state index in [0.29, 0.717) is 12.6 Å². The highest BCUT2D eigenvalue weighted by Crippen LogP contribution is 2.38. The molecule has 1 aromatic carbocycles. The van der Waals surface area contributed by atoms with E-state index < -0.39 is 5.82 Å². The Morgan fingerprint density at radius 2 is 2.05 bits per heavy atom. The zero-order chi connectivity index (χ0) is 15.7. The molecule has 0 radical (unpaired) electrons. The number of benzene rings is 1. The van der Waals surface area contributed by atoms with E-state index >= 15 is 0 Å². The van der Waals surface area contributed by atoms with Crippen molar-refractivity contribution in [2.75, 3.05) is 6.54 Å². The van der Waals surface area contributed by atoms with Gasteiger partial charge >= 0.3 is 0 Å². The van der Waals surface area contributed by atoms with Crippen LogP contribution in [0.25, 0.3) is 0 Å². The Morgan fingerprint density at radius 3 is 2.73 bits per heavy atom. The molecule has 1 aromatic heterocycles. The van der Waals surface area contributed by atoms with Crippen LogP contribution in [0.2, 0.25) is 0 Å². The van der Waals surface area contributed by atoms with E-state index in [1.165, 1.54) is 41.9 Å². The van der Waals surface area contributed by atoms with Crippen molar-refractivity contribution in [3.63, 3.8) is 0 Å². The zero-order valence-corrected chi connectivity index (χ0v) is 13.0. The van der Waals surface area contributed by atoms with Gasteiger partial charge in [-0.1, -0.05) is 12.1 Å². The molecule has 0 bridgehead atoms. The summed E-state index contributed by atoms with van der Waals surface area (Å²) in [5, 5.41) is 2.80. The molecule has 0 spiro atoms. The molecule has 1 fully saturated rings. The smallest absolute Gasteiger partial charge is 0.254 e. The number of aryl methyl sites for hydroxylation is 1. The molecule has 0 saturated heterocycles. The first-order valence-electron chi connectivity index (χ1n) is 7.78. The molecule has 3 nitrogen and oxygen atoms in total. The Hall–Kier alpha value is -2.10. The highest BCUT2D eigenvalue weighted by Gasteiger charge is 2.26. The minimum atomic E-state index is -0.480. The van der Waals surface area contributed by atoms with Crippen LogP contribution in [-0.4, -0.2) is 17.0 Å². The van der Waals surface area contributed by atoms with E-state index in [0.717, 1.165) is 6.42 Å². The molecule has 22 heavy (non-hydrogen) atoms. The maximum atomic E-state index is 13.5. The molecule has 0 atom stereocenters. The van der Waals surface area contributed by atoms with Crippen molar-refractivity contribution < 1.29 is 9.18 Å². The Bertz CT molecular complexity index is 701. The average Bonchev–Trinajstić information content (AvgIpc) is 3.27. The van der Waals surface area contributed by atoms with Gasteiger partial charge in [-0.3, -0.25) is 4.79 Å². The number of halogens is 1. The standard InChI is InChI=1S/C18H21FN2O/c1-12-11-14(13(2)21(12)15-7-8-15)9-10-20-18(22)16-5-3-4-6-17(16)19/h3-6,11,15H,7-10H2,1-2H3,(H,20,22). The lowest BCUT2D eigenvalue weighted by Crippen LogP contribution is -2.26. The Balaban J connectivity index is 1.61. The topological polar surface area (TPSA) is 34.0 Å². The van der Waals surface area contributed by atoms with Gasteiger partial charge in [0.1, 0.15) is 5.82 Å².